The van der Waals surface area contributed by atoms with Crippen LogP contribution in [0.3, 0.4) is 0 Å². The van der Waals surface area contributed by atoms with Crippen LogP contribution in [0.4, 0.5) is 4.39 Å². The van der Waals surface area contributed by atoms with Crippen molar-refractivity contribution < 1.29 is 9.13 Å². The SMILES string of the molecule is Fc1cc(Oc2cc(Cl)nc(C3CC3)n2)ccc1Br. The highest BCUT2D eigenvalue weighted by Gasteiger charge is 2.27. The molecule has 0 radical (unpaired) electrons. The Kier molecular flexibility index (Phi) is 3.41. The van der Waals surface area contributed by atoms with Gasteiger partial charge in [-0.1, -0.05) is 11.6 Å². The zero-order valence-electron chi connectivity index (χ0n) is 9.74. The summed E-state index contributed by atoms with van der Waals surface area (Å²) in [5.41, 5.74) is 0. The Hall–Kier alpha value is -1.20. The van der Waals surface area contributed by atoms with E-state index in [1.165, 1.54) is 12.1 Å². The smallest absolute Gasteiger partial charge is 0.224 e. The number of hydrogen-bond acceptors (Lipinski definition) is 3. The maximum atomic E-state index is 13.4. The lowest BCUT2D eigenvalue weighted by Gasteiger charge is -2.07. The van der Waals surface area contributed by atoms with E-state index in [4.69, 9.17) is 16.3 Å². The molecule has 2 aromatic rings. The second kappa shape index (κ2) is 5.06. The standard InChI is InChI=1S/C13H9BrClFN2O/c14-9-4-3-8(5-10(9)16)19-12-6-11(15)17-13(18-12)7-1-2-7/h3-7H,1-2H2. The highest BCUT2D eigenvalue weighted by Crippen LogP contribution is 2.39. The quantitative estimate of drug-likeness (QED) is 0.758. The zero-order chi connectivity index (χ0) is 13.4. The Morgan fingerprint density at radius 1 is 1.26 bits per heavy atom. The summed E-state index contributed by atoms with van der Waals surface area (Å²) in [5.74, 6) is 1.39. The van der Waals surface area contributed by atoms with Gasteiger partial charge in [0.25, 0.3) is 0 Å². The van der Waals surface area contributed by atoms with Gasteiger partial charge in [-0.25, -0.2) is 9.37 Å². The van der Waals surface area contributed by atoms with E-state index in [1.54, 1.807) is 12.1 Å². The molecule has 1 aromatic carbocycles. The van der Waals surface area contributed by atoms with Gasteiger partial charge in [-0.05, 0) is 40.9 Å². The minimum absolute atomic E-state index is 0.337. The van der Waals surface area contributed by atoms with Crippen molar-refractivity contribution in [1.82, 2.24) is 9.97 Å². The molecular weight excluding hydrogens is 335 g/mol. The summed E-state index contributed by atoms with van der Waals surface area (Å²) in [6, 6.07) is 6.04. The van der Waals surface area contributed by atoms with Crippen LogP contribution in [0.15, 0.2) is 28.7 Å². The second-order valence-electron chi connectivity index (χ2n) is 4.34. The zero-order valence-corrected chi connectivity index (χ0v) is 12.1. The Morgan fingerprint density at radius 3 is 2.74 bits per heavy atom. The Balaban J connectivity index is 1.87. The molecule has 0 saturated heterocycles. The van der Waals surface area contributed by atoms with E-state index in [9.17, 15) is 4.39 Å². The lowest BCUT2D eigenvalue weighted by Crippen LogP contribution is -1.96. The summed E-state index contributed by atoms with van der Waals surface area (Å²) in [6.45, 7) is 0. The van der Waals surface area contributed by atoms with Crippen molar-refractivity contribution in [2.24, 2.45) is 0 Å². The van der Waals surface area contributed by atoms with E-state index in [2.05, 4.69) is 25.9 Å². The van der Waals surface area contributed by atoms with Crippen molar-refractivity contribution in [3.05, 3.63) is 45.5 Å². The number of benzene rings is 1. The van der Waals surface area contributed by atoms with Crippen LogP contribution in [0.25, 0.3) is 0 Å². The molecule has 1 fully saturated rings. The molecule has 0 bridgehead atoms. The van der Waals surface area contributed by atoms with Gasteiger partial charge >= 0.3 is 0 Å². The first-order valence-corrected chi connectivity index (χ1v) is 6.96. The fraction of sp³-hybridized carbons (Fsp3) is 0.231. The summed E-state index contributed by atoms with van der Waals surface area (Å²) < 4.78 is 19.3. The molecule has 3 rings (SSSR count). The molecule has 1 aromatic heterocycles. The average Bonchev–Trinajstić information content (AvgIpc) is 3.17. The van der Waals surface area contributed by atoms with Gasteiger partial charge < -0.3 is 4.74 Å². The molecule has 3 nitrogen and oxygen atoms in total. The van der Waals surface area contributed by atoms with Gasteiger partial charge in [0.2, 0.25) is 5.88 Å². The predicted octanol–water partition coefficient (Wildman–Crippen LogP) is 4.70. The molecule has 98 valence electrons. The Labute approximate surface area is 122 Å². The van der Waals surface area contributed by atoms with E-state index in [0.29, 0.717) is 33.0 Å². The molecule has 1 aliphatic rings. The molecule has 1 aliphatic carbocycles. The third kappa shape index (κ3) is 3.04. The van der Waals surface area contributed by atoms with Crippen molar-refractivity contribution in [2.45, 2.75) is 18.8 Å². The minimum atomic E-state index is -0.389. The maximum absolute atomic E-state index is 13.4. The molecule has 0 unspecified atom stereocenters. The number of halogens is 3. The number of ether oxygens (including phenoxy) is 1. The largest absolute Gasteiger partial charge is 0.439 e. The highest BCUT2D eigenvalue weighted by molar-refractivity contribution is 9.10. The van der Waals surface area contributed by atoms with Gasteiger partial charge in [0, 0.05) is 18.1 Å². The van der Waals surface area contributed by atoms with E-state index in [0.717, 1.165) is 12.8 Å². The van der Waals surface area contributed by atoms with E-state index >= 15 is 0 Å². The predicted molar refractivity (Wildman–Crippen MR) is 73.2 cm³/mol. The van der Waals surface area contributed by atoms with Crippen LogP contribution >= 0.6 is 27.5 Å². The maximum Gasteiger partial charge on any atom is 0.224 e. The average molecular weight is 344 g/mol. The van der Waals surface area contributed by atoms with Crippen molar-refractivity contribution in [2.75, 3.05) is 0 Å². The van der Waals surface area contributed by atoms with Crippen LogP contribution in [-0.4, -0.2) is 9.97 Å². The number of aromatic nitrogens is 2. The Morgan fingerprint density at radius 2 is 2.05 bits per heavy atom. The lowest BCUT2D eigenvalue weighted by atomic mass is 10.3. The third-order valence-electron chi connectivity index (χ3n) is 2.74. The van der Waals surface area contributed by atoms with Crippen molar-refractivity contribution in [3.63, 3.8) is 0 Å². The first-order valence-electron chi connectivity index (χ1n) is 5.79. The molecule has 0 spiro atoms. The first-order chi connectivity index (χ1) is 9.11. The second-order valence-corrected chi connectivity index (χ2v) is 5.58. The van der Waals surface area contributed by atoms with E-state index in [1.807, 2.05) is 0 Å². The molecule has 0 N–H and O–H groups in total. The molecule has 19 heavy (non-hydrogen) atoms. The summed E-state index contributed by atoms with van der Waals surface area (Å²) in [6.07, 6.45) is 2.15. The van der Waals surface area contributed by atoms with Crippen LogP contribution in [0, 0.1) is 5.82 Å². The van der Waals surface area contributed by atoms with Gasteiger partial charge in [0.15, 0.2) is 0 Å². The number of nitrogens with zero attached hydrogens (tertiary/aromatic N) is 2. The number of hydrogen-bond donors (Lipinski definition) is 0. The fourth-order valence-corrected chi connectivity index (χ4v) is 2.08. The molecule has 0 aliphatic heterocycles. The molecular formula is C13H9BrClFN2O. The van der Waals surface area contributed by atoms with Crippen molar-refractivity contribution >= 4 is 27.5 Å². The fourth-order valence-electron chi connectivity index (χ4n) is 1.65. The molecule has 1 heterocycles. The summed E-state index contributed by atoms with van der Waals surface area (Å²) in [5, 5.41) is 0.337. The highest BCUT2D eigenvalue weighted by atomic mass is 79.9. The normalized spacial score (nSPS) is 14.5. The van der Waals surface area contributed by atoms with Crippen LogP contribution in [0.1, 0.15) is 24.6 Å². The Bertz CT molecular complexity index is 634. The minimum Gasteiger partial charge on any atom is -0.439 e. The van der Waals surface area contributed by atoms with Gasteiger partial charge in [0.1, 0.15) is 22.5 Å². The third-order valence-corrected chi connectivity index (χ3v) is 3.58. The van der Waals surface area contributed by atoms with Gasteiger partial charge in [-0.15, -0.1) is 0 Å². The molecule has 1 saturated carbocycles. The van der Waals surface area contributed by atoms with Gasteiger partial charge in [0.05, 0.1) is 4.47 Å². The van der Waals surface area contributed by atoms with Crippen LogP contribution < -0.4 is 4.74 Å². The van der Waals surface area contributed by atoms with E-state index < -0.39 is 0 Å². The molecule has 0 atom stereocenters. The van der Waals surface area contributed by atoms with Crippen molar-refractivity contribution in [3.8, 4) is 11.6 Å². The number of rotatable bonds is 3. The van der Waals surface area contributed by atoms with Crippen LogP contribution in [0.5, 0.6) is 11.6 Å². The van der Waals surface area contributed by atoms with Gasteiger partial charge in [-0.2, -0.15) is 4.98 Å². The summed E-state index contributed by atoms with van der Waals surface area (Å²) in [4.78, 5) is 8.45. The van der Waals surface area contributed by atoms with E-state index in [-0.39, 0.29) is 5.82 Å². The van der Waals surface area contributed by atoms with Crippen molar-refractivity contribution in [1.29, 1.82) is 0 Å². The lowest BCUT2D eigenvalue weighted by molar-refractivity contribution is 0.453. The molecule has 6 heteroatoms. The topological polar surface area (TPSA) is 35.0 Å². The summed E-state index contributed by atoms with van der Waals surface area (Å²) in [7, 11) is 0. The van der Waals surface area contributed by atoms with Gasteiger partial charge in [-0.3, -0.25) is 0 Å². The first kappa shape index (κ1) is 12.8. The van der Waals surface area contributed by atoms with Crippen LogP contribution in [-0.2, 0) is 0 Å². The molecule has 0 amide bonds. The van der Waals surface area contributed by atoms with Crippen LogP contribution in [0.2, 0.25) is 5.15 Å². The monoisotopic (exact) mass is 342 g/mol. The summed E-state index contributed by atoms with van der Waals surface area (Å²) >= 11 is 9.02.